The fraction of sp³-hybridized carbons (Fsp3) is 0.500. The molecule has 0 spiro atoms. The number of hydrogen-bond donors (Lipinski definition) is 0. The molecule has 0 saturated heterocycles. The van der Waals surface area contributed by atoms with Crippen molar-refractivity contribution >= 4 is 29.7 Å². The topological polar surface area (TPSA) is 34.1 Å². The molecule has 1 unspecified atom stereocenters. The Kier molecular flexibility index (Phi) is 4.05. The van der Waals surface area contributed by atoms with Crippen LogP contribution < -0.4 is 0 Å². The largest absolute Gasteiger partial charge is 0.303 e. The summed E-state index contributed by atoms with van der Waals surface area (Å²) in [6, 6.07) is 0. The van der Waals surface area contributed by atoms with E-state index in [0.29, 0.717) is 17.4 Å². The van der Waals surface area contributed by atoms with Crippen molar-refractivity contribution in [1.82, 2.24) is 0 Å². The molecule has 0 bridgehead atoms. The van der Waals surface area contributed by atoms with Crippen molar-refractivity contribution in [2.24, 2.45) is 5.92 Å². The first kappa shape index (κ1) is 8.43. The molecule has 0 amide bonds. The van der Waals surface area contributed by atoms with Gasteiger partial charge in [0.25, 0.3) is 0 Å². The number of carbonyl (C=O) groups excluding carboxylic acids is 2. The normalized spacial score (nSPS) is 12.1. The predicted molar refractivity (Wildman–Crippen MR) is 38.5 cm³/mol. The Morgan fingerprint density at radius 1 is 1.67 bits per heavy atom. The molecule has 0 aromatic rings. The summed E-state index contributed by atoms with van der Waals surface area (Å²) in [6.45, 7) is 1.66. The zero-order valence-electron chi connectivity index (χ0n) is 5.16. The maximum Gasteiger partial charge on any atom is 0.128 e. The molecule has 0 rings (SSSR count). The molecule has 0 heterocycles. The van der Waals surface area contributed by atoms with E-state index in [1.165, 1.54) is 0 Å². The van der Waals surface area contributed by atoms with E-state index < -0.39 is 0 Å². The second-order valence-corrected chi connectivity index (χ2v) is 2.40. The second kappa shape index (κ2) is 4.32. The van der Waals surface area contributed by atoms with E-state index in [2.05, 4.69) is 0 Å². The van der Waals surface area contributed by atoms with Crippen LogP contribution in [0.15, 0.2) is 0 Å². The van der Waals surface area contributed by atoms with Crippen LogP contribution in [0.25, 0.3) is 0 Å². The lowest BCUT2D eigenvalue weighted by Gasteiger charge is -1.99. The van der Waals surface area contributed by atoms with Crippen LogP contribution in [0.5, 0.6) is 0 Å². The van der Waals surface area contributed by atoms with E-state index >= 15 is 0 Å². The van der Waals surface area contributed by atoms with Crippen molar-refractivity contribution in [2.75, 3.05) is 0 Å². The molecule has 0 aliphatic carbocycles. The number of carbonyl (C=O) groups is 2. The lowest BCUT2D eigenvalue weighted by Crippen LogP contribution is -2.10. The van der Waals surface area contributed by atoms with Crippen molar-refractivity contribution in [1.29, 1.82) is 0 Å². The SMILES string of the molecule is CC(=S)C(C=O)CC=O. The molecular weight excluding hydrogens is 136 g/mol. The van der Waals surface area contributed by atoms with Gasteiger partial charge in [-0.25, -0.2) is 0 Å². The minimum atomic E-state index is -0.350. The monoisotopic (exact) mass is 144 g/mol. The van der Waals surface area contributed by atoms with Gasteiger partial charge >= 0.3 is 0 Å². The lowest BCUT2D eigenvalue weighted by molar-refractivity contribution is -0.113. The second-order valence-electron chi connectivity index (χ2n) is 1.76. The highest BCUT2D eigenvalue weighted by atomic mass is 32.1. The summed E-state index contributed by atoms with van der Waals surface area (Å²) in [7, 11) is 0. The number of thiocarbonyl (C=S) groups is 1. The van der Waals surface area contributed by atoms with Crippen molar-refractivity contribution in [2.45, 2.75) is 13.3 Å². The van der Waals surface area contributed by atoms with Gasteiger partial charge in [0, 0.05) is 11.3 Å². The molecular formula is C6H8O2S. The van der Waals surface area contributed by atoms with Gasteiger partial charge in [0.05, 0.1) is 5.92 Å². The van der Waals surface area contributed by atoms with Crippen LogP contribution in [0.4, 0.5) is 0 Å². The smallest absolute Gasteiger partial charge is 0.128 e. The summed E-state index contributed by atoms with van der Waals surface area (Å²) in [5, 5.41) is 0. The van der Waals surface area contributed by atoms with E-state index in [9.17, 15) is 9.59 Å². The molecule has 0 aromatic heterocycles. The third-order valence-corrected chi connectivity index (χ3v) is 1.34. The summed E-state index contributed by atoms with van der Waals surface area (Å²) < 4.78 is 0. The lowest BCUT2D eigenvalue weighted by atomic mass is 10.1. The minimum Gasteiger partial charge on any atom is -0.303 e. The Balaban J connectivity index is 3.81. The molecule has 0 fully saturated rings. The van der Waals surface area contributed by atoms with Crippen LogP contribution in [0.2, 0.25) is 0 Å². The van der Waals surface area contributed by atoms with Gasteiger partial charge in [0.2, 0.25) is 0 Å². The average Bonchev–Trinajstić information content (AvgIpc) is 1.82. The van der Waals surface area contributed by atoms with E-state index in [1.54, 1.807) is 6.92 Å². The number of aldehydes is 2. The molecule has 0 saturated carbocycles. The summed E-state index contributed by atoms with van der Waals surface area (Å²) in [6.07, 6.45) is 1.63. The zero-order chi connectivity index (χ0) is 7.28. The van der Waals surface area contributed by atoms with Crippen LogP contribution >= 0.6 is 12.2 Å². The summed E-state index contributed by atoms with van der Waals surface area (Å²) in [5.74, 6) is -0.350. The first-order valence-corrected chi connectivity index (χ1v) is 3.02. The first-order valence-electron chi connectivity index (χ1n) is 2.61. The molecule has 0 aliphatic rings. The average molecular weight is 144 g/mol. The van der Waals surface area contributed by atoms with E-state index in [1.807, 2.05) is 0 Å². The fourth-order valence-electron chi connectivity index (χ4n) is 0.421. The van der Waals surface area contributed by atoms with Crippen molar-refractivity contribution in [3.63, 3.8) is 0 Å². The Bertz CT molecular complexity index is 131. The third kappa shape index (κ3) is 3.08. The summed E-state index contributed by atoms with van der Waals surface area (Å²) in [4.78, 5) is 20.5. The molecule has 0 N–H and O–H groups in total. The molecule has 9 heavy (non-hydrogen) atoms. The van der Waals surface area contributed by atoms with Crippen LogP contribution in [0, 0.1) is 5.92 Å². The van der Waals surface area contributed by atoms with Gasteiger partial charge in [-0.3, -0.25) is 0 Å². The van der Waals surface area contributed by atoms with Crippen molar-refractivity contribution in [3.8, 4) is 0 Å². The molecule has 0 radical (unpaired) electrons. The Hall–Kier alpha value is -0.570. The maximum atomic E-state index is 10.1. The van der Waals surface area contributed by atoms with Gasteiger partial charge in [-0.05, 0) is 6.92 Å². The van der Waals surface area contributed by atoms with Crippen LogP contribution in [-0.4, -0.2) is 17.4 Å². The summed E-state index contributed by atoms with van der Waals surface area (Å²) in [5.41, 5.74) is 0. The van der Waals surface area contributed by atoms with Crippen LogP contribution in [0.1, 0.15) is 13.3 Å². The van der Waals surface area contributed by atoms with Gasteiger partial charge in [0.1, 0.15) is 12.6 Å². The van der Waals surface area contributed by atoms with Gasteiger partial charge in [-0.15, -0.1) is 0 Å². The summed E-state index contributed by atoms with van der Waals surface area (Å²) >= 11 is 4.69. The highest BCUT2D eigenvalue weighted by Crippen LogP contribution is 1.99. The van der Waals surface area contributed by atoms with Gasteiger partial charge in [-0.1, -0.05) is 12.2 Å². The molecule has 3 heteroatoms. The number of rotatable bonds is 4. The Morgan fingerprint density at radius 3 is 2.33 bits per heavy atom. The molecule has 2 nitrogen and oxygen atoms in total. The van der Waals surface area contributed by atoms with Gasteiger partial charge < -0.3 is 9.59 Å². The van der Waals surface area contributed by atoms with E-state index in [0.717, 1.165) is 0 Å². The standard InChI is InChI=1S/C6H8O2S/c1-5(9)6(4-8)2-3-7/h3-4,6H,2H2,1H3. The highest BCUT2D eigenvalue weighted by molar-refractivity contribution is 7.80. The highest BCUT2D eigenvalue weighted by Gasteiger charge is 2.06. The molecule has 1 atom stereocenters. The minimum absolute atomic E-state index is 0.221. The fourth-order valence-corrected chi connectivity index (χ4v) is 0.573. The first-order chi connectivity index (χ1) is 4.22. The zero-order valence-corrected chi connectivity index (χ0v) is 5.98. The predicted octanol–water partition coefficient (Wildman–Crippen LogP) is 0.780. The van der Waals surface area contributed by atoms with Crippen LogP contribution in [0.3, 0.4) is 0 Å². The third-order valence-electron chi connectivity index (χ3n) is 1.04. The van der Waals surface area contributed by atoms with Crippen molar-refractivity contribution < 1.29 is 9.59 Å². The Labute approximate surface area is 59.2 Å². The van der Waals surface area contributed by atoms with Gasteiger partial charge in [0.15, 0.2) is 0 Å². The molecule has 0 aromatic carbocycles. The van der Waals surface area contributed by atoms with Crippen LogP contribution in [-0.2, 0) is 9.59 Å². The Morgan fingerprint density at radius 2 is 2.22 bits per heavy atom. The van der Waals surface area contributed by atoms with E-state index in [-0.39, 0.29) is 12.3 Å². The number of hydrogen-bond acceptors (Lipinski definition) is 3. The quantitative estimate of drug-likeness (QED) is 0.432. The molecule has 50 valence electrons. The van der Waals surface area contributed by atoms with Crippen molar-refractivity contribution in [3.05, 3.63) is 0 Å². The maximum absolute atomic E-state index is 10.1. The molecule has 0 aliphatic heterocycles. The van der Waals surface area contributed by atoms with E-state index in [4.69, 9.17) is 12.2 Å². The van der Waals surface area contributed by atoms with Gasteiger partial charge in [-0.2, -0.15) is 0 Å².